The molecule has 0 aromatic heterocycles. The predicted octanol–water partition coefficient (Wildman–Crippen LogP) is 4.29. The van der Waals surface area contributed by atoms with Gasteiger partial charge in [-0.2, -0.15) is 0 Å². The summed E-state index contributed by atoms with van der Waals surface area (Å²) >= 11 is 1.71. The first-order valence-corrected chi connectivity index (χ1v) is 6.89. The van der Waals surface area contributed by atoms with Crippen molar-refractivity contribution in [2.75, 3.05) is 11.4 Å². The minimum Gasteiger partial charge on any atom is -0.336 e. The zero-order chi connectivity index (χ0) is 13.2. The number of hydrogen-bond donors (Lipinski definition) is 0. The molecule has 3 heteroatoms. The number of rotatable bonds is 3. The van der Waals surface area contributed by atoms with Gasteiger partial charge in [-0.25, -0.2) is 0 Å². The lowest BCUT2D eigenvalue weighted by atomic mass is 10.1. The fourth-order valence-electron chi connectivity index (χ4n) is 2.25. The van der Waals surface area contributed by atoms with Crippen LogP contribution in [0.4, 0.5) is 11.4 Å². The van der Waals surface area contributed by atoms with Gasteiger partial charge in [-0.05, 0) is 30.3 Å². The molecule has 0 amide bonds. The van der Waals surface area contributed by atoms with Crippen molar-refractivity contribution in [2.45, 2.75) is 9.79 Å². The summed E-state index contributed by atoms with van der Waals surface area (Å²) in [4.78, 5) is 15.5. The smallest absolute Gasteiger partial charge is 0.150 e. The summed E-state index contributed by atoms with van der Waals surface area (Å²) in [6.45, 7) is 4.58. The Morgan fingerprint density at radius 1 is 1.11 bits per heavy atom. The molecule has 0 saturated heterocycles. The Hall–Kier alpha value is -2.00. The van der Waals surface area contributed by atoms with Crippen LogP contribution in [-0.2, 0) is 0 Å². The molecular weight excluding hydrogens is 254 g/mol. The van der Waals surface area contributed by atoms with Gasteiger partial charge in [-0.15, -0.1) is 6.58 Å². The van der Waals surface area contributed by atoms with Crippen LogP contribution in [0.1, 0.15) is 10.4 Å². The molecule has 19 heavy (non-hydrogen) atoms. The van der Waals surface area contributed by atoms with Crippen LogP contribution in [0.5, 0.6) is 0 Å². The van der Waals surface area contributed by atoms with Gasteiger partial charge in [0, 0.05) is 21.9 Å². The van der Waals surface area contributed by atoms with Crippen molar-refractivity contribution in [3.8, 4) is 0 Å². The van der Waals surface area contributed by atoms with Crippen molar-refractivity contribution in [2.24, 2.45) is 0 Å². The number of hydrogen-bond acceptors (Lipinski definition) is 3. The van der Waals surface area contributed by atoms with E-state index in [1.54, 1.807) is 11.8 Å². The Balaban J connectivity index is 2.15. The molecule has 2 nitrogen and oxygen atoms in total. The summed E-state index contributed by atoms with van der Waals surface area (Å²) in [5.41, 5.74) is 3.04. The fraction of sp³-hybridized carbons (Fsp3) is 0.0625. The summed E-state index contributed by atoms with van der Waals surface area (Å²) in [5, 5.41) is 0. The number of aldehydes is 1. The van der Waals surface area contributed by atoms with E-state index < -0.39 is 0 Å². The highest BCUT2D eigenvalue weighted by molar-refractivity contribution is 7.99. The molecule has 1 aliphatic rings. The molecule has 0 radical (unpaired) electrons. The second-order valence-electron chi connectivity index (χ2n) is 4.31. The van der Waals surface area contributed by atoms with E-state index >= 15 is 0 Å². The van der Waals surface area contributed by atoms with Gasteiger partial charge in [0.2, 0.25) is 0 Å². The lowest BCUT2D eigenvalue weighted by molar-refractivity contribution is 0.112. The lowest BCUT2D eigenvalue weighted by Crippen LogP contribution is -2.20. The van der Waals surface area contributed by atoms with Crippen LogP contribution in [-0.4, -0.2) is 12.8 Å². The first-order valence-electron chi connectivity index (χ1n) is 6.08. The molecule has 0 aliphatic carbocycles. The van der Waals surface area contributed by atoms with Crippen molar-refractivity contribution in [3.63, 3.8) is 0 Å². The Kier molecular flexibility index (Phi) is 3.13. The maximum absolute atomic E-state index is 10.9. The van der Waals surface area contributed by atoms with Gasteiger partial charge in [0.1, 0.15) is 6.29 Å². The van der Waals surface area contributed by atoms with E-state index in [-0.39, 0.29) is 0 Å². The fourth-order valence-corrected chi connectivity index (χ4v) is 3.39. The van der Waals surface area contributed by atoms with Crippen LogP contribution in [0.25, 0.3) is 0 Å². The summed E-state index contributed by atoms with van der Waals surface area (Å²) in [5.74, 6) is 0. The average Bonchev–Trinajstić information content (AvgIpc) is 2.46. The van der Waals surface area contributed by atoms with Gasteiger partial charge < -0.3 is 4.90 Å². The second kappa shape index (κ2) is 4.94. The van der Waals surface area contributed by atoms with E-state index in [4.69, 9.17) is 0 Å². The summed E-state index contributed by atoms with van der Waals surface area (Å²) in [6.07, 6.45) is 2.78. The molecule has 0 atom stereocenters. The number of anilines is 2. The van der Waals surface area contributed by atoms with Gasteiger partial charge in [0.05, 0.1) is 11.4 Å². The van der Waals surface area contributed by atoms with E-state index in [2.05, 4.69) is 23.6 Å². The molecule has 0 fully saturated rings. The monoisotopic (exact) mass is 267 g/mol. The Bertz CT molecular complexity index is 651. The number of para-hydroxylation sites is 1. The van der Waals surface area contributed by atoms with E-state index in [1.165, 1.54) is 10.6 Å². The van der Waals surface area contributed by atoms with E-state index in [1.807, 2.05) is 36.4 Å². The van der Waals surface area contributed by atoms with Gasteiger partial charge in [0.15, 0.2) is 0 Å². The van der Waals surface area contributed by atoms with Crippen molar-refractivity contribution >= 4 is 29.4 Å². The normalized spacial score (nSPS) is 12.5. The van der Waals surface area contributed by atoms with Crippen LogP contribution >= 0.6 is 11.8 Å². The van der Waals surface area contributed by atoms with Crippen LogP contribution in [0.2, 0.25) is 0 Å². The molecule has 2 aromatic rings. The molecule has 0 unspecified atom stereocenters. The van der Waals surface area contributed by atoms with Gasteiger partial charge in [-0.3, -0.25) is 4.79 Å². The molecular formula is C16H13NOS. The quantitative estimate of drug-likeness (QED) is 0.611. The minimum absolute atomic E-state index is 0.712. The number of carbonyl (C=O) groups is 1. The van der Waals surface area contributed by atoms with Crippen molar-refractivity contribution in [1.82, 2.24) is 0 Å². The van der Waals surface area contributed by atoms with Crippen molar-refractivity contribution < 1.29 is 4.79 Å². The molecule has 1 aliphatic heterocycles. The molecule has 2 aromatic carbocycles. The molecule has 0 N–H and O–H groups in total. The molecule has 3 rings (SSSR count). The zero-order valence-electron chi connectivity index (χ0n) is 10.4. The van der Waals surface area contributed by atoms with Crippen LogP contribution in [0.15, 0.2) is 64.9 Å². The highest BCUT2D eigenvalue weighted by Gasteiger charge is 2.22. The maximum Gasteiger partial charge on any atom is 0.150 e. The topological polar surface area (TPSA) is 20.3 Å². The number of nitrogens with zero attached hydrogens (tertiary/aromatic N) is 1. The number of fused-ring (bicyclic) bond motifs is 2. The largest absolute Gasteiger partial charge is 0.336 e. The molecule has 0 saturated carbocycles. The SMILES string of the molecule is C=CCN1c2ccccc2Sc2cc(C=O)ccc21. The molecule has 0 bridgehead atoms. The molecule has 1 heterocycles. The first-order chi connectivity index (χ1) is 9.33. The summed E-state index contributed by atoms with van der Waals surface area (Å²) in [7, 11) is 0. The zero-order valence-corrected chi connectivity index (χ0v) is 11.2. The first kappa shape index (κ1) is 12.1. The van der Waals surface area contributed by atoms with E-state index in [0.29, 0.717) is 5.56 Å². The van der Waals surface area contributed by atoms with Crippen LogP contribution < -0.4 is 4.90 Å². The van der Waals surface area contributed by atoms with E-state index in [0.717, 1.165) is 23.4 Å². The van der Waals surface area contributed by atoms with E-state index in [9.17, 15) is 4.79 Å². The maximum atomic E-state index is 10.9. The Labute approximate surface area is 116 Å². The van der Waals surface area contributed by atoms with Crippen molar-refractivity contribution in [3.05, 3.63) is 60.7 Å². The predicted molar refractivity (Wildman–Crippen MR) is 79.6 cm³/mol. The third kappa shape index (κ3) is 2.06. The summed E-state index contributed by atoms with van der Waals surface area (Å²) < 4.78 is 0. The van der Waals surface area contributed by atoms with Crippen LogP contribution in [0, 0.1) is 0 Å². The standard InChI is InChI=1S/C16H13NOS/c1-2-9-17-13-5-3-4-6-15(13)19-16-10-12(11-18)7-8-14(16)17/h2-8,10-11H,1,9H2. The molecule has 94 valence electrons. The minimum atomic E-state index is 0.712. The van der Waals surface area contributed by atoms with Crippen LogP contribution in [0.3, 0.4) is 0 Å². The summed E-state index contributed by atoms with van der Waals surface area (Å²) in [6, 6.07) is 14.1. The highest BCUT2D eigenvalue weighted by Crippen LogP contribution is 2.47. The molecule has 0 spiro atoms. The van der Waals surface area contributed by atoms with Gasteiger partial charge >= 0.3 is 0 Å². The third-order valence-corrected chi connectivity index (χ3v) is 4.21. The number of carbonyl (C=O) groups excluding carboxylic acids is 1. The van der Waals surface area contributed by atoms with Gasteiger partial charge in [0.25, 0.3) is 0 Å². The van der Waals surface area contributed by atoms with Crippen molar-refractivity contribution in [1.29, 1.82) is 0 Å². The number of benzene rings is 2. The Morgan fingerprint density at radius 3 is 2.68 bits per heavy atom. The van der Waals surface area contributed by atoms with Gasteiger partial charge in [-0.1, -0.05) is 30.0 Å². The third-order valence-electron chi connectivity index (χ3n) is 3.10. The lowest BCUT2D eigenvalue weighted by Gasteiger charge is -2.32. The Morgan fingerprint density at radius 2 is 1.89 bits per heavy atom. The average molecular weight is 267 g/mol. The highest BCUT2D eigenvalue weighted by atomic mass is 32.2. The second-order valence-corrected chi connectivity index (χ2v) is 5.40.